The van der Waals surface area contributed by atoms with Gasteiger partial charge in [-0.25, -0.2) is 0 Å². The van der Waals surface area contributed by atoms with Gasteiger partial charge in [0.05, 0.1) is 12.0 Å². The zero-order chi connectivity index (χ0) is 16.4. The Morgan fingerprint density at radius 3 is 2.33 bits per heavy atom. The smallest absolute Gasteiger partial charge is 0.200 e. The predicted octanol–water partition coefficient (Wildman–Crippen LogP) is 6.74. The Morgan fingerprint density at radius 1 is 0.792 bits per heavy atom. The highest BCUT2D eigenvalue weighted by Crippen LogP contribution is 2.45. The van der Waals surface area contributed by atoms with E-state index in [-0.39, 0.29) is 10.5 Å². The van der Waals surface area contributed by atoms with E-state index in [2.05, 4.69) is 72.1 Å². The van der Waals surface area contributed by atoms with Crippen LogP contribution in [0.15, 0.2) is 94.0 Å². The second kappa shape index (κ2) is 6.71. The van der Waals surface area contributed by atoms with Crippen LogP contribution in [0.5, 0.6) is 5.75 Å². The van der Waals surface area contributed by atoms with Crippen LogP contribution in [-0.2, 0) is 0 Å². The van der Waals surface area contributed by atoms with Crippen LogP contribution < -0.4 is 4.74 Å². The van der Waals surface area contributed by atoms with Crippen LogP contribution in [0, 0.1) is 0 Å². The molecular formula is C21H17OS2+. The zero-order valence-corrected chi connectivity index (χ0v) is 14.9. The van der Waals surface area contributed by atoms with Crippen LogP contribution in [0.4, 0.5) is 0 Å². The van der Waals surface area contributed by atoms with Crippen LogP contribution in [-0.4, -0.2) is 7.11 Å². The second-order valence-electron chi connectivity index (χ2n) is 5.41. The third-order valence-electron chi connectivity index (χ3n) is 3.90. The van der Waals surface area contributed by atoms with Gasteiger partial charge >= 0.3 is 0 Å². The number of rotatable bonds is 4. The van der Waals surface area contributed by atoms with Gasteiger partial charge in [-0.1, -0.05) is 36.0 Å². The maximum atomic E-state index is 5.25. The van der Waals surface area contributed by atoms with Gasteiger partial charge in [0.15, 0.2) is 9.60 Å². The number of hydrogen-bond acceptors (Lipinski definition) is 2. The highest BCUT2D eigenvalue weighted by molar-refractivity contribution is 7.99. The summed E-state index contributed by atoms with van der Waals surface area (Å²) in [5.41, 5.74) is 0. The standard InChI is InChI=1S/C21H17OS2/c1-22-17-10-12-18(13-11-17)23-20-9-5-6-16-14-15-24(21(16)20)19-7-3-2-4-8-19/h2-15H,1H3/q+1. The molecule has 0 saturated carbocycles. The maximum Gasteiger partial charge on any atom is 0.200 e. The van der Waals surface area contributed by atoms with E-state index < -0.39 is 0 Å². The lowest BCUT2D eigenvalue weighted by molar-refractivity contribution is 0.414. The maximum absolute atomic E-state index is 5.25. The van der Waals surface area contributed by atoms with Crippen molar-refractivity contribution in [2.45, 2.75) is 9.79 Å². The van der Waals surface area contributed by atoms with Crippen LogP contribution in [0.25, 0.3) is 15.0 Å². The van der Waals surface area contributed by atoms with Gasteiger partial charge in [0.2, 0.25) is 0 Å². The van der Waals surface area contributed by atoms with Crippen LogP contribution in [0.3, 0.4) is 0 Å². The zero-order valence-electron chi connectivity index (χ0n) is 13.3. The molecule has 0 fully saturated rings. The Hall–Kier alpha value is -2.23. The van der Waals surface area contributed by atoms with E-state index in [1.807, 2.05) is 23.9 Å². The molecule has 1 nitrogen and oxygen atoms in total. The topological polar surface area (TPSA) is 9.23 Å². The summed E-state index contributed by atoms with van der Waals surface area (Å²) in [6.07, 6.45) is 0. The molecule has 0 aliphatic carbocycles. The third kappa shape index (κ3) is 2.93. The Morgan fingerprint density at radius 2 is 1.58 bits per heavy atom. The van der Waals surface area contributed by atoms with Gasteiger partial charge in [0.25, 0.3) is 0 Å². The van der Waals surface area contributed by atoms with E-state index >= 15 is 0 Å². The van der Waals surface area contributed by atoms with Crippen LogP contribution >= 0.6 is 22.2 Å². The minimum atomic E-state index is 0.0171. The van der Waals surface area contributed by atoms with Gasteiger partial charge in [-0.05, 0) is 48.5 Å². The Balaban J connectivity index is 1.79. The monoisotopic (exact) mass is 349 g/mol. The van der Waals surface area contributed by atoms with Gasteiger partial charge in [-0.2, -0.15) is 0 Å². The molecule has 1 unspecified atom stereocenters. The number of benzene rings is 3. The van der Waals surface area contributed by atoms with Gasteiger partial charge in [0.1, 0.15) is 11.1 Å². The lowest BCUT2D eigenvalue weighted by Gasteiger charge is -2.04. The Kier molecular flexibility index (Phi) is 4.28. The number of hydrogen-bond donors (Lipinski definition) is 0. The highest BCUT2D eigenvalue weighted by atomic mass is 32.2. The fourth-order valence-corrected chi connectivity index (χ4v) is 5.94. The molecule has 4 aromatic rings. The molecule has 0 aliphatic rings. The molecule has 3 aromatic carbocycles. The molecule has 0 amide bonds. The third-order valence-corrected chi connectivity index (χ3v) is 7.18. The minimum Gasteiger partial charge on any atom is -0.497 e. The Labute approximate surface area is 148 Å². The van der Waals surface area contributed by atoms with E-state index in [1.54, 1.807) is 7.11 Å². The molecule has 0 spiro atoms. The highest BCUT2D eigenvalue weighted by Gasteiger charge is 2.19. The molecule has 1 heterocycles. The van der Waals surface area contributed by atoms with Crippen molar-refractivity contribution in [3.63, 3.8) is 0 Å². The van der Waals surface area contributed by atoms with Crippen molar-refractivity contribution < 1.29 is 4.74 Å². The van der Waals surface area contributed by atoms with Gasteiger partial charge in [-0.3, -0.25) is 0 Å². The summed E-state index contributed by atoms with van der Waals surface area (Å²) in [7, 11) is 1.71. The molecule has 1 atom stereocenters. The molecular weight excluding hydrogens is 332 g/mol. The average Bonchev–Trinajstić information content (AvgIpc) is 3.08. The van der Waals surface area contributed by atoms with Crippen LogP contribution in [0.2, 0.25) is 0 Å². The van der Waals surface area contributed by atoms with Crippen LogP contribution in [0.1, 0.15) is 0 Å². The molecule has 24 heavy (non-hydrogen) atoms. The van der Waals surface area contributed by atoms with Crippen molar-refractivity contribution in [2.75, 3.05) is 7.11 Å². The molecule has 0 saturated heterocycles. The summed E-state index contributed by atoms with van der Waals surface area (Å²) in [6.45, 7) is 0. The summed E-state index contributed by atoms with van der Waals surface area (Å²) >= 11 is 1.82. The van der Waals surface area contributed by atoms with E-state index in [0.29, 0.717) is 0 Å². The molecule has 1 aromatic heterocycles. The van der Waals surface area contributed by atoms with E-state index in [1.165, 1.54) is 24.8 Å². The summed E-state index contributed by atoms with van der Waals surface area (Å²) in [6, 6.07) is 27.8. The van der Waals surface area contributed by atoms with Gasteiger partial charge in [-0.15, -0.1) is 0 Å². The van der Waals surface area contributed by atoms with E-state index in [9.17, 15) is 0 Å². The number of fused-ring (bicyclic) bond motifs is 1. The number of thiophene rings is 1. The second-order valence-corrected chi connectivity index (χ2v) is 8.35. The first-order chi connectivity index (χ1) is 11.8. The number of ether oxygens (including phenoxy) is 1. The molecule has 118 valence electrons. The summed E-state index contributed by atoms with van der Waals surface area (Å²) in [5.74, 6) is 0.892. The first-order valence-electron chi connectivity index (χ1n) is 7.76. The Bertz CT molecular complexity index is 956. The van der Waals surface area contributed by atoms with Crippen molar-refractivity contribution in [3.8, 4) is 10.6 Å². The first kappa shape index (κ1) is 15.3. The summed E-state index contributed by atoms with van der Waals surface area (Å²) in [5, 5.41) is 3.67. The first-order valence-corrected chi connectivity index (χ1v) is 9.87. The molecule has 0 N–H and O–H groups in total. The minimum absolute atomic E-state index is 0.0171. The van der Waals surface area contributed by atoms with E-state index in [0.717, 1.165) is 5.75 Å². The summed E-state index contributed by atoms with van der Waals surface area (Å²) < 4.78 is 6.69. The van der Waals surface area contributed by atoms with Crippen molar-refractivity contribution in [1.29, 1.82) is 0 Å². The largest absolute Gasteiger partial charge is 0.497 e. The van der Waals surface area contributed by atoms with Crippen molar-refractivity contribution in [3.05, 3.63) is 84.2 Å². The molecule has 3 heteroatoms. The van der Waals surface area contributed by atoms with E-state index in [4.69, 9.17) is 4.74 Å². The SMILES string of the molecule is COc1ccc(Sc2cccc3cc[s+](-c4ccccc4)c23)cc1. The quantitative estimate of drug-likeness (QED) is 0.377. The van der Waals surface area contributed by atoms with Gasteiger partial charge < -0.3 is 4.74 Å². The fourth-order valence-electron chi connectivity index (χ4n) is 2.72. The molecule has 0 aliphatic heterocycles. The molecule has 4 rings (SSSR count). The number of methoxy groups -OCH3 is 1. The van der Waals surface area contributed by atoms with Gasteiger partial charge in [0, 0.05) is 26.8 Å². The summed E-state index contributed by atoms with van der Waals surface area (Å²) in [4.78, 5) is 3.93. The normalized spacial score (nSPS) is 11.6. The molecule has 0 radical (unpaired) electrons. The van der Waals surface area contributed by atoms with Crippen molar-refractivity contribution >= 4 is 32.3 Å². The average molecular weight is 350 g/mol. The van der Waals surface area contributed by atoms with Crippen molar-refractivity contribution in [1.82, 2.24) is 0 Å². The fraction of sp³-hybridized carbons (Fsp3) is 0.0476. The van der Waals surface area contributed by atoms with Crippen molar-refractivity contribution in [2.24, 2.45) is 0 Å². The molecule has 0 bridgehead atoms. The lowest BCUT2D eigenvalue weighted by Crippen LogP contribution is -1.81. The predicted molar refractivity (Wildman–Crippen MR) is 105 cm³/mol. The lowest BCUT2D eigenvalue weighted by atomic mass is 10.3.